The van der Waals surface area contributed by atoms with E-state index in [1.807, 2.05) is 0 Å². The van der Waals surface area contributed by atoms with Gasteiger partial charge in [-0.2, -0.15) is 11.8 Å². The maximum absolute atomic E-state index is 6.20. The number of nitrogens with one attached hydrogen (secondary N) is 1. The van der Waals surface area contributed by atoms with Gasteiger partial charge in [0.25, 0.3) is 0 Å². The Morgan fingerprint density at radius 3 is 2.83 bits per heavy atom. The largest absolute Gasteiger partial charge is 0.375 e. The molecule has 18 heavy (non-hydrogen) atoms. The lowest BCUT2D eigenvalue weighted by molar-refractivity contribution is -0.105. The van der Waals surface area contributed by atoms with E-state index in [9.17, 15) is 0 Å². The zero-order valence-electron chi connectivity index (χ0n) is 11.5. The minimum atomic E-state index is 0.288. The Morgan fingerprint density at radius 2 is 2.06 bits per heavy atom. The van der Waals surface area contributed by atoms with E-state index in [-0.39, 0.29) is 5.60 Å². The molecule has 3 saturated heterocycles. The van der Waals surface area contributed by atoms with Gasteiger partial charge < -0.3 is 10.1 Å². The minimum absolute atomic E-state index is 0.288. The van der Waals surface area contributed by atoms with Crippen molar-refractivity contribution in [1.82, 2.24) is 5.32 Å². The van der Waals surface area contributed by atoms with Crippen molar-refractivity contribution in [2.24, 2.45) is 11.8 Å². The Morgan fingerprint density at radius 1 is 1.17 bits per heavy atom. The van der Waals surface area contributed by atoms with Crippen LogP contribution in [0.1, 0.15) is 44.9 Å². The van der Waals surface area contributed by atoms with Crippen LogP contribution in [-0.2, 0) is 4.74 Å². The summed E-state index contributed by atoms with van der Waals surface area (Å²) in [5.74, 6) is 4.51. The lowest BCUT2D eigenvalue weighted by atomic mass is 9.77. The summed E-state index contributed by atoms with van der Waals surface area (Å²) in [7, 11) is 0. The summed E-state index contributed by atoms with van der Waals surface area (Å²) in [5, 5.41) is 3.56. The second-order valence-corrected chi connectivity index (χ2v) is 7.68. The fourth-order valence-electron chi connectivity index (χ4n) is 4.02. The SMILES string of the molecule is C1CNCC(CC2CCOC3(CCSCC3)C2)C1. The van der Waals surface area contributed by atoms with Crippen molar-refractivity contribution >= 4 is 11.8 Å². The Bertz CT molecular complexity index is 254. The average molecular weight is 269 g/mol. The van der Waals surface area contributed by atoms with Crippen LogP contribution in [0.15, 0.2) is 0 Å². The molecule has 2 nitrogen and oxygen atoms in total. The van der Waals surface area contributed by atoms with Crippen LogP contribution in [0.3, 0.4) is 0 Å². The van der Waals surface area contributed by atoms with Gasteiger partial charge in [0.1, 0.15) is 0 Å². The van der Waals surface area contributed by atoms with E-state index in [2.05, 4.69) is 17.1 Å². The van der Waals surface area contributed by atoms with Crippen molar-refractivity contribution in [1.29, 1.82) is 0 Å². The molecular formula is C15H27NOS. The molecule has 3 fully saturated rings. The molecule has 0 aromatic rings. The molecule has 3 aliphatic heterocycles. The van der Waals surface area contributed by atoms with E-state index in [1.165, 1.54) is 69.5 Å². The molecule has 3 heteroatoms. The van der Waals surface area contributed by atoms with Crippen molar-refractivity contribution in [3.8, 4) is 0 Å². The third-order valence-corrected chi connectivity index (χ3v) is 6.05. The summed E-state index contributed by atoms with van der Waals surface area (Å²) in [4.78, 5) is 0. The van der Waals surface area contributed by atoms with Crippen LogP contribution >= 0.6 is 11.8 Å². The highest BCUT2D eigenvalue weighted by Crippen LogP contribution is 2.41. The normalized spacial score (nSPS) is 36.7. The monoisotopic (exact) mass is 269 g/mol. The third kappa shape index (κ3) is 3.23. The number of hydrogen-bond donors (Lipinski definition) is 1. The van der Waals surface area contributed by atoms with Crippen molar-refractivity contribution < 1.29 is 4.74 Å². The smallest absolute Gasteiger partial charge is 0.0700 e. The summed E-state index contributed by atoms with van der Waals surface area (Å²) in [6, 6.07) is 0. The number of ether oxygens (including phenoxy) is 1. The fourth-order valence-corrected chi connectivity index (χ4v) is 5.26. The first kappa shape index (κ1) is 13.3. The van der Waals surface area contributed by atoms with E-state index in [0.717, 1.165) is 18.4 Å². The molecule has 0 bridgehead atoms. The molecule has 0 saturated carbocycles. The molecule has 3 heterocycles. The summed E-state index contributed by atoms with van der Waals surface area (Å²) < 4.78 is 6.20. The molecule has 0 aromatic carbocycles. The van der Waals surface area contributed by atoms with Crippen LogP contribution in [0.4, 0.5) is 0 Å². The Balaban J connectivity index is 1.52. The summed E-state index contributed by atoms with van der Waals surface area (Å²) in [5.41, 5.74) is 0.288. The number of piperidine rings is 1. The van der Waals surface area contributed by atoms with Crippen molar-refractivity contribution in [2.75, 3.05) is 31.2 Å². The summed E-state index contributed by atoms with van der Waals surface area (Å²) >= 11 is 2.11. The Hall–Kier alpha value is 0.270. The van der Waals surface area contributed by atoms with E-state index in [0.29, 0.717) is 0 Å². The molecule has 0 aliphatic carbocycles. The molecule has 104 valence electrons. The predicted molar refractivity (Wildman–Crippen MR) is 78.2 cm³/mol. The molecule has 3 rings (SSSR count). The van der Waals surface area contributed by atoms with Gasteiger partial charge in [0.2, 0.25) is 0 Å². The number of rotatable bonds is 2. The van der Waals surface area contributed by atoms with E-state index in [1.54, 1.807) is 0 Å². The number of thioether (sulfide) groups is 1. The van der Waals surface area contributed by atoms with Gasteiger partial charge in [-0.05, 0) is 81.4 Å². The van der Waals surface area contributed by atoms with E-state index in [4.69, 9.17) is 4.74 Å². The zero-order chi connectivity index (χ0) is 12.3. The quantitative estimate of drug-likeness (QED) is 0.832. The van der Waals surface area contributed by atoms with Gasteiger partial charge in [-0.1, -0.05) is 0 Å². The standard InChI is InChI=1S/C15H27NOS/c1-2-14(12-16-6-1)10-13-3-7-17-15(11-13)4-8-18-9-5-15/h13-14,16H,1-12H2. The maximum atomic E-state index is 6.20. The van der Waals surface area contributed by atoms with Gasteiger partial charge in [-0.3, -0.25) is 0 Å². The minimum Gasteiger partial charge on any atom is -0.375 e. The molecule has 3 aliphatic rings. The van der Waals surface area contributed by atoms with Gasteiger partial charge in [-0.15, -0.1) is 0 Å². The lowest BCUT2D eigenvalue weighted by Crippen LogP contribution is -2.43. The molecule has 2 atom stereocenters. The Kier molecular flexibility index (Phi) is 4.53. The molecule has 0 aromatic heterocycles. The lowest BCUT2D eigenvalue weighted by Gasteiger charge is -2.44. The van der Waals surface area contributed by atoms with Crippen LogP contribution in [-0.4, -0.2) is 36.8 Å². The first-order valence-corrected chi connectivity index (χ1v) is 8.94. The van der Waals surface area contributed by atoms with Gasteiger partial charge in [-0.25, -0.2) is 0 Å². The highest BCUT2D eigenvalue weighted by Gasteiger charge is 2.39. The third-order valence-electron chi connectivity index (χ3n) is 5.06. The van der Waals surface area contributed by atoms with Crippen LogP contribution in [0.5, 0.6) is 0 Å². The molecule has 1 spiro atoms. The highest BCUT2D eigenvalue weighted by molar-refractivity contribution is 7.99. The van der Waals surface area contributed by atoms with Gasteiger partial charge in [0, 0.05) is 6.61 Å². The number of hydrogen-bond acceptors (Lipinski definition) is 3. The second-order valence-electron chi connectivity index (χ2n) is 6.45. The average Bonchev–Trinajstić information content (AvgIpc) is 2.41. The van der Waals surface area contributed by atoms with Gasteiger partial charge in [0.05, 0.1) is 5.60 Å². The zero-order valence-corrected chi connectivity index (χ0v) is 12.3. The van der Waals surface area contributed by atoms with Gasteiger partial charge in [0.15, 0.2) is 0 Å². The molecule has 0 amide bonds. The van der Waals surface area contributed by atoms with Crippen molar-refractivity contribution in [3.63, 3.8) is 0 Å². The first-order valence-electron chi connectivity index (χ1n) is 7.79. The van der Waals surface area contributed by atoms with E-state index >= 15 is 0 Å². The summed E-state index contributed by atoms with van der Waals surface area (Å²) in [6.07, 6.45) is 9.55. The van der Waals surface area contributed by atoms with E-state index < -0.39 is 0 Å². The van der Waals surface area contributed by atoms with Crippen LogP contribution in [0.2, 0.25) is 0 Å². The molecule has 1 N–H and O–H groups in total. The van der Waals surface area contributed by atoms with Crippen LogP contribution < -0.4 is 5.32 Å². The fraction of sp³-hybridized carbons (Fsp3) is 1.00. The molecular weight excluding hydrogens is 242 g/mol. The van der Waals surface area contributed by atoms with Crippen molar-refractivity contribution in [3.05, 3.63) is 0 Å². The van der Waals surface area contributed by atoms with Crippen LogP contribution in [0, 0.1) is 11.8 Å². The first-order chi connectivity index (χ1) is 8.86. The highest BCUT2D eigenvalue weighted by atomic mass is 32.2. The van der Waals surface area contributed by atoms with Crippen LogP contribution in [0.25, 0.3) is 0 Å². The maximum Gasteiger partial charge on any atom is 0.0700 e. The Labute approximate surface area is 116 Å². The topological polar surface area (TPSA) is 21.3 Å². The molecule has 2 unspecified atom stereocenters. The second kappa shape index (κ2) is 6.15. The molecule has 0 radical (unpaired) electrons. The van der Waals surface area contributed by atoms with Crippen molar-refractivity contribution in [2.45, 2.75) is 50.5 Å². The summed E-state index contributed by atoms with van der Waals surface area (Å²) in [6.45, 7) is 3.53. The van der Waals surface area contributed by atoms with Gasteiger partial charge >= 0.3 is 0 Å². The predicted octanol–water partition coefficient (Wildman–Crippen LogP) is 3.07.